The lowest BCUT2D eigenvalue weighted by Crippen LogP contribution is -2.47. The standard InChI is InChI=1S/C25H26N4O3/c1-32-19-9-7-18(8-10-19)28-12-14-29(15-13-28)25(31)17-6-11-22-23(16-17)27-24(30)20-4-2-3-5-21(20)26-22/h2-11,16,25-26,31H,12-15H2,1H3,(H,27,30). The lowest BCUT2D eigenvalue weighted by atomic mass is 10.1. The van der Waals surface area contributed by atoms with Crippen LogP contribution in [0.4, 0.5) is 22.7 Å². The molecule has 0 saturated carbocycles. The molecular weight excluding hydrogens is 404 g/mol. The second-order valence-electron chi connectivity index (χ2n) is 8.02. The predicted octanol–water partition coefficient (Wildman–Crippen LogP) is 3.82. The number of ether oxygens (including phenoxy) is 1. The molecule has 0 spiro atoms. The van der Waals surface area contributed by atoms with Crippen LogP contribution in [0, 0.1) is 0 Å². The highest BCUT2D eigenvalue weighted by atomic mass is 16.5. The van der Waals surface area contributed by atoms with E-state index >= 15 is 0 Å². The van der Waals surface area contributed by atoms with Crippen LogP contribution in [0.5, 0.6) is 5.75 Å². The monoisotopic (exact) mass is 430 g/mol. The molecule has 0 aliphatic carbocycles. The number of rotatable bonds is 4. The molecule has 164 valence electrons. The molecule has 0 aromatic heterocycles. The normalized spacial score (nSPS) is 16.8. The fraction of sp³-hybridized carbons (Fsp3) is 0.240. The Kier molecular flexibility index (Phi) is 5.43. The van der Waals surface area contributed by atoms with E-state index in [9.17, 15) is 9.90 Å². The van der Waals surface area contributed by atoms with E-state index in [0.717, 1.165) is 54.6 Å². The highest BCUT2D eigenvalue weighted by Crippen LogP contribution is 2.34. The molecule has 1 unspecified atom stereocenters. The summed E-state index contributed by atoms with van der Waals surface area (Å²) in [6.07, 6.45) is -0.735. The summed E-state index contributed by atoms with van der Waals surface area (Å²) in [6, 6.07) is 21.1. The SMILES string of the molecule is COc1ccc(N2CCN(C(O)c3ccc4c(c3)NC(=O)c3ccccc3N4)CC2)cc1. The topological polar surface area (TPSA) is 77.1 Å². The van der Waals surface area contributed by atoms with Crippen molar-refractivity contribution < 1.29 is 14.6 Å². The Hall–Kier alpha value is -3.55. The first kappa shape index (κ1) is 20.4. The maximum Gasteiger partial charge on any atom is 0.257 e. The van der Waals surface area contributed by atoms with Crippen LogP contribution in [-0.2, 0) is 0 Å². The van der Waals surface area contributed by atoms with Crippen LogP contribution in [-0.4, -0.2) is 49.2 Å². The zero-order valence-electron chi connectivity index (χ0n) is 17.9. The molecule has 7 heteroatoms. The molecule has 3 N–H and O–H groups in total. The van der Waals surface area contributed by atoms with Crippen molar-refractivity contribution in [1.29, 1.82) is 0 Å². The second-order valence-corrected chi connectivity index (χ2v) is 8.02. The molecule has 1 atom stereocenters. The number of piperazine rings is 1. The van der Waals surface area contributed by atoms with Gasteiger partial charge in [-0.3, -0.25) is 9.69 Å². The molecular formula is C25H26N4O3. The first-order valence-corrected chi connectivity index (χ1v) is 10.7. The van der Waals surface area contributed by atoms with E-state index < -0.39 is 6.23 Å². The molecule has 5 rings (SSSR count). The molecule has 0 radical (unpaired) electrons. The number of methoxy groups -OCH3 is 1. The van der Waals surface area contributed by atoms with Crippen LogP contribution in [0.15, 0.2) is 66.7 Å². The van der Waals surface area contributed by atoms with Crippen LogP contribution in [0.25, 0.3) is 0 Å². The van der Waals surface area contributed by atoms with Crippen molar-refractivity contribution in [3.63, 3.8) is 0 Å². The number of fused-ring (bicyclic) bond motifs is 2. The lowest BCUT2D eigenvalue weighted by Gasteiger charge is -2.38. The number of aliphatic hydroxyl groups excluding tert-OH is 1. The Morgan fingerprint density at radius 2 is 1.62 bits per heavy atom. The van der Waals surface area contributed by atoms with Gasteiger partial charge in [0.15, 0.2) is 0 Å². The number of aliphatic hydroxyl groups is 1. The summed E-state index contributed by atoms with van der Waals surface area (Å²) < 4.78 is 5.24. The number of carbonyl (C=O) groups is 1. The third-order valence-electron chi connectivity index (χ3n) is 6.13. The van der Waals surface area contributed by atoms with Crippen LogP contribution in [0.3, 0.4) is 0 Å². The highest BCUT2D eigenvalue weighted by Gasteiger charge is 2.25. The Morgan fingerprint density at radius 1 is 0.875 bits per heavy atom. The minimum atomic E-state index is -0.735. The fourth-order valence-corrected chi connectivity index (χ4v) is 4.29. The van der Waals surface area contributed by atoms with E-state index in [2.05, 4.69) is 32.6 Å². The van der Waals surface area contributed by atoms with E-state index in [1.807, 2.05) is 48.5 Å². The van der Waals surface area contributed by atoms with Gasteiger partial charge in [0.25, 0.3) is 5.91 Å². The van der Waals surface area contributed by atoms with Gasteiger partial charge in [-0.05, 0) is 54.1 Å². The van der Waals surface area contributed by atoms with E-state index in [0.29, 0.717) is 11.3 Å². The van der Waals surface area contributed by atoms with E-state index in [1.54, 1.807) is 13.2 Å². The van der Waals surface area contributed by atoms with Crippen molar-refractivity contribution in [2.45, 2.75) is 6.23 Å². The number of carbonyl (C=O) groups excluding carboxylic acids is 1. The number of amides is 1. The smallest absolute Gasteiger partial charge is 0.257 e. The van der Waals surface area contributed by atoms with Gasteiger partial charge < -0.3 is 25.4 Å². The number of nitrogens with zero attached hydrogens (tertiary/aromatic N) is 2. The molecule has 1 amide bonds. The van der Waals surface area contributed by atoms with Gasteiger partial charge in [-0.15, -0.1) is 0 Å². The minimum Gasteiger partial charge on any atom is -0.497 e. The van der Waals surface area contributed by atoms with Gasteiger partial charge in [-0.25, -0.2) is 0 Å². The van der Waals surface area contributed by atoms with Crippen molar-refractivity contribution in [3.8, 4) is 5.75 Å². The number of hydrogen-bond donors (Lipinski definition) is 3. The minimum absolute atomic E-state index is 0.161. The van der Waals surface area contributed by atoms with E-state index in [-0.39, 0.29) is 5.91 Å². The third-order valence-corrected chi connectivity index (χ3v) is 6.13. The van der Waals surface area contributed by atoms with Crippen molar-refractivity contribution in [2.75, 3.05) is 48.8 Å². The largest absolute Gasteiger partial charge is 0.497 e. The summed E-state index contributed by atoms with van der Waals surface area (Å²) in [5, 5.41) is 17.3. The van der Waals surface area contributed by atoms with Crippen LogP contribution >= 0.6 is 0 Å². The highest BCUT2D eigenvalue weighted by molar-refractivity contribution is 6.12. The van der Waals surface area contributed by atoms with Gasteiger partial charge in [-0.1, -0.05) is 18.2 Å². The first-order valence-electron chi connectivity index (χ1n) is 10.7. The summed E-state index contributed by atoms with van der Waals surface area (Å²) in [5.41, 5.74) is 4.75. The summed E-state index contributed by atoms with van der Waals surface area (Å²) in [7, 11) is 1.66. The summed E-state index contributed by atoms with van der Waals surface area (Å²) in [5.74, 6) is 0.683. The summed E-state index contributed by atoms with van der Waals surface area (Å²) >= 11 is 0. The Balaban J connectivity index is 1.28. The van der Waals surface area contributed by atoms with E-state index in [4.69, 9.17) is 4.74 Å². The Morgan fingerprint density at radius 3 is 2.38 bits per heavy atom. The van der Waals surface area contributed by atoms with Gasteiger partial charge in [0.1, 0.15) is 12.0 Å². The number of benzene rings is 3. The van der Waals surface area contributed by atoms with E-state index in [1.165, 1.54) is 0 Å². The van der Waals surface area contributed by atoms with Crippen molar-refractivity contribution in [2.24, 2.45) is 0 Å². The zero-order chi connectivity index (χ0) is 22.1. The Bertz CT molecular complexity index is 1120. The molecule has 7 nitrogen and oxygen atoms in total. The number of para-hydroxylation sites is 1. The molecule has 2 aliphatic heterocycles. The fourth-order valence-electron chi connectivity index (χ4n) is 4.29. The molecule has 3 aromatic rings. The number of hydrogen-bond acceptors (Lipinski definition) is 6. The molecule has 2 heterocycles. The molecule has 3 aromatic carbocycles. The van der Waals surface area contributed by atoms with Gasteiger partial charge >= 0.3 is 0 Å². The van der Waals surface area contributed by atoms with Crippen molar-refractivity contribution >= 4 is 28.7 Å². The van der Waals surface area contributed by atoms with Crippen LogP contribution in [0.1, 0.15) is 22.1 Å². The first-order chi connectivity index (χ1) is 15.6. The molecule has 0 bridgehead atoms. The van der Waals surface area contributed by atoms with Crippen LogP contribution in [0.2, 0.25) is 0 Å². The number of nitrogens with one attached hydrogen (secondary N) is 2. The average molecular weight is 431 g/mol. The second kappa shape index (κ2) is 8.53. The maximum absolute atomic E-state index is 12.6. The molecule has 1 saturated heterocycles. The third kappa shape index (κ3) is 3.88. The molecule has 2 aliphatic rings. The predicted molar refractivity (Wildman–Crippen MR) is 126 cm³/mol. The van der Waals surface area contributed by atoms with Gasteiger partial charge in [0.2, 0.25) is 0 Å². The zero-order valence-corrected chi connectivity index (χ0v) is 17.9. The summed E-state index contributed by atoms with van der Waals surface area (Å²) in [4.78, 5) is 17.0. The molecule has 32 heavy (non-hydrogen) atoms. The van der Waals surface area contributed by atoms with Gasteiger partial charge in [-0.2, -0.15) is 0 Å². The van der Waals surface area contributed by atoms with Crippen molar-refractivity contribution in [1.82, 2.24) is 4.90 Å². The number of anilines is 4. The van der Waals surface area contributed by atoms with Gasteiger partial charge in [0, 0.05) is 31.9 Å². The van der Waals surface area contributed by atoms with Crippen molar-refractivity contribution in [3.05, 3.63) is 77.9 Å². The van der Waals surface area contributed by atoms with Crippen LogP contribution < -0.4 is 20.3 Å². The summed E-state index contributed by atoms with van der Waals surface area (Å²) in [6.45, 7) is 3.12. The average Bonchev–Trinajstić information content (AvgIpc) is 2.99. The quantitative estimate of drug-likeness (QED) is 0.584. The lowest BCUT2D eigenvalue weighted by molar-refractivity contribution is -0.00157. The maximum atomic E-state index is 12.6. The molecule has 1 fully saturated rings. The van der Waals surface area contributed by atoms with Gasteiger partial charge in [0.05, 0.1) is 29.7 Å². The Labute approximate surface area is 187 Å².